The van der Waals surface area contributed by atoms with E-state index in [0.29, 0.717) is 19.6 Å². The number of sulfonamides is 1. The van der Waals surface area contributed by atoms with Gasteiger partial charge in [0.1, 0.15) is 0 Å². The van der Waals surface area contributed by atoms with Crippen LogP contribution in [0.5, 0.6) is 0 Å². The van der Waals surface area contributed by atoms with Gasteiger partial charge in [0.15, 0.2) is 5.96 Å². The molecule has 1 N–H and O–H groups in total. The lowest BCUT2D eigenvalue weighted by atomic mass is 10.0. The molecule has 1 saturated heterocycles. The van der Waals surface area contributed by atoms with Crippen molar-refractivity contribution in [3.05, 3.63) is 41.5 Å². The second kappa shape index (κ2) is 11.2. The highest BCUT2D eigenvalue weighted by Crippen LogP contribution is 2.19. The van der Waals surface area contributed by atoms with E-state index in [9.17, 15) is 8.42 Å². The zero-order valence-electron chi connectivity index (χ0n) is 17.4. The van der Waals surface area contributed by atoms with E-state index in [4.69, 9.17) is 4.99 Å². The van der Waals surface area contributed by atoms with Crippen molar-refractivity contribution in [2.24, 2.45) is 4.99 Å². The number of rotatable bonds is 8. The van der Waals surface area contributed by atoms with Gasteiger partial charge in [-0.2, -0.15) is 0 Å². The Kier molecular flexibility index (Phi) is 8.99. The highest BCUT2D eigenvalue weighted by Gasteiger charge is 2.17. The molecular weight excluding hydrogens is 372 g/mol. The molecule has 0 unspecified atom stereocenters. The van der Waals surface area contributed by atoms with Crippen LogP contribution in [0.15, 0.2) is 40.9 Å². The van der Waals surface area contributed by atoms with Crippen LogP contribution in [0.2, 0.25) is 0 Å². The van der Waals surface area contributed by atoms with Crippen molar-refractivity contribution in [1.82, 2.24) is 14.5 Å². The van der Waals surface area contributed by atoms with E-state index >= 15 is 0 Å². The van der Waals surface area contributed by atoms with Gasteiger partial charge in [0.05, 0.1) is 6.26 Å². The summed E-state index contributed by atoms with van der Waals surface area (Å²) in [5.74, 6) is 0.934. The lowest BCUT2D eigenvalue weighted by molar-refractivity contribution is 0.374. The Bertz CT molecular complexity index is 750. The molecule has 2 rings (SSSR count). The molecule has 0 aromatic heterocycles. The number of hydrogen-bond donors (Lipinski definition) is 1. The van der Waals surface area contributed by atoms with Gasteiger partial charge >= 0.3 is 0 Å². The zero-order chi connectivity index (χ0) is 20.4. The second-order valence-corrected chi connectivity index (χ2v) is 9.03. The number of likely N-dealkylation sites (tertiary alicyclic amines) is 1. The van der Waals surface area contributed by atoms with E-state index in [1.165, 1.54) is 21.7 Å². The highest BCUT2D eigenvalue weighted by molar-refractivity contribution is 7.88. The lowest BCUT2D eigenvalue weighted by Crippen LogP contribution is -2.44. The fraction of sp³-hybridized carbons (Fsp3) is 0.571. The van der Waals surface area contributed by atoms with Gasteiger partial charge in [0.2, 0.25) is 10.0 Å². The predicted molar refractivity (Wildman–Crippen MR) is 118 cm³/mol. The molecule has 1 aliphatic heterocycles. The fourth-order valence-corrected chi connectivity index (χ4v) is 4.28. The van der Waals surface area contributed by atoms with E-state index < -0.39 is 10.0 Å². The average molecular weight is 407 g/mol. The molecule has 0 aliphatic carbocycles. The first-order valence-corrected chi connectivity index (χ1v) is 12.0. The third-order valence-electron chi connectivity index (χ3n) is 4.86. The molecule has 1 aromatic carbocycles. The summed E-state index contributed by atoms with van der Waals surface area (Å²) in [4.78, 5) is 7.03. The van der Waals surface area contributed by atoms with Crippen molar-refractivity contribution in [2.75, 3.05) is 45.5 Å². The molecule has 1 heterocycles. The van der Waals surface area contributed by atoms with Gasteiger partial charge in [-0.3, -0.25) is 4.99 Å². The van der Waals surface area contributed by atoms with Gasteiger partial charge in [0.25, 0.3) is 0 Å². The molecule has 1 aliphatic rings. The minimum atomic E-state index is -3.13. The van der Waals surface area contributed by atoms with Crippen LogP contribution in [-0.2, 0) is 10.0 Å². The van der Waals surface area contributed by atoms with Crippen LogP contribution in [0.4, 0.5) is 0 Å². The normalized spacial score (nSPS) is 15.8. The van der Waals surface area contributed by atoms with Crippen molar-refractivity contribution < 1.29 is 8.42 Å². The first kappa shape index (κ1) is 22.4. The summed E-state index contributed by atoms with van der Waals surface area (Å²) in [5, 5.41) is 3.37. The summed E-state index contributed by atoms with van der Waals surface area (Å²) >= 11 is 0. The maximum atomic E-state index is 11.7. The Morgan fingerprint density at radius 1 is 1.21 bits per heavy atom. The Morgan fingerprint density at radius 2 is 1.89 bits per heavy atom. The molecule has 1 aromatic rings. The number of nitrogens with one attached hydrogen (secondary N) is 1. The average Bonchev–Trinajstić information content (AvgIpc) is 2.67. The standard InChI is InChI=1S/C21H34N4O2S/c1-4-22-21(23-14-9-15-25(5-2)28(3,26)27)24-16-12-20(13-17-24)18-19-10-7-6-8-11-19/h6-8,10-11,18H,4-5,9,12-17H2,1-3H3,(H,22,23). The third-order valence-corrected chi connectivity index (χ3v) is 6.24. The van der Waals surface area contributed by atoms with Crippen molar-refractivity contribution in [1.29, 1.82) is 0 Å². The monoisotopic (exact) mass is 406 g/mol. The van der Waals surface area contributed by atoms with E-state index in [2.05, 4.69) is 47.5 Å². The van der Waals surface area contributed by atoms with E-state index in [0.717, 1.165) is 44.9 Å². The first-order valence-electron chi connectivity index (χ1n) is 10.2. The summed E-state index contributed by atoms with van der Waals surface area (Å²) in [7, 11) is -3.13. The van der Waals surface area contributed by atoms with Crippen molar-refractivity contribution in [2.45, 2.75) is 33.1 Å². The molecule has 0 amide bonds. The van der Waals surface area contributed by atoms with E-state index in [1.807, 2.05) is 13.0 Å². The first-order chi connectivity index (χ1) is 13.4. The fourth-order valence-electron chi connectivity index (χ4n) is 3.35. The Hall–Kier alpha value is -1.86. The third kappa shape index (κ3) is 7.28. The van der Waals surface area contributed by atoms with Crippen LogP contribution < -0.4 is 5.32 Å². The number of hydrogen-bond acceptors (Lipinski definition) is 3. The Morgan fingerprint density at radius 3 is 2.46 bits per heavy atom. The number of piperidine rings is 1. The molecule has 0 bridgehead atoms. The maximum Gasteiger partial charge on any atom is 0.211 e. The van der Waals surface area contributed by atoms with Crippen molar-refractivity contribution in [3.63, 3.8) is 0 Å². The van der Waals surface area contributed by atoms with Gasteiger partial charge in [-0.1, -0.05) is 48.9 Å². The second-order valence-electron chi connectivity index (χ2n) is 7.04. The molecule has 0 radical (unpaired) electrons. The minimum absolute atomic E-state index is 0.505. The maximum absolute atomic E-state index is 11.7. The molecular formula is C21H34N4O2S. The summed E-state index contributed by atoms with van der Waals surface area (Å²) in [6.45, 7) is 8.31. The quantitative estimate of drug-likeness (QED) is 0.410. The number of guanidine groups is 1. The molecule has 28 heavy (non-hydrogen) atoms. The summed E-state index contributed by atoms with van der Waals surface area (Å²) in [5.41, 5.74) is 2.74. The molecule has 0 saturated carbocycles. The van der Waals surface area contributed by atoms with Crippen molar-refractivity contribution in [3.8, 4) is 0 Å². The largest absolute Gasteiger partial charge is 0.357 e. The smallest absolute Gasteiger partial charge is 0.211 e. The predicted octanol–water partition coefficient (Wildman–Crippen LogP) is 2.80. The summed E-state index contributed by atoms with van der Waals surface area (Å²) in [6, 6.07) is 10.5. The van der Waals surface area contributed by atoms with E-state index in [1.54, 1.807) is 0 Å². The summed E-state index contributed by atoms with van der Waals surface area (Å²) < 4.78 is 24.8. The van der Waals surface area contributed by atoms with Gasteiger partial charge in [-0.25, -0.2) is 12.7 Å². The molecule has 1 fully saturated rings. The number of aliphatic imine (C=N–C) groups is 1. The van der Waals surface area contributed by atoms with Gasteiger partial charge in [-0.05, 0) is 31.7 Å². The number of benzene rings is 1. The van der Waals surface area contributed by atoms with E-state index in [-0.39, 0.29) is 0 Å². The molecule has 0 atom stereocenters. The lowest BCUT2D eigenvalue weighted by Gasteiger charge is -2.31. The van der Waals surface area contributed by atoms with Crippen LogP contribution in [0.25, 0.3) is 6.08 Å². The van der Waals surface area contributed by atoms with Crippen LogP contribution in [0.3, 0.4) is 0 Å². The molecule has 7 heteroatoms. The topological polar surface area (TPSA) is 65.0 Å². The highest BCUT2D eigenvalue weighted by atomic mass is 32.2. The molecule has 156 valence electrons. The minimum Gasteiger partial charge on any atom is -0.357 e. The Balaban J connectivity index is 1.88. The van der Waals surface area contributed by atoms with Gasteiger partial charge in [0, 0.05) is 39.3 Å². The van der Waals surface area contributed by atoms with Crippen molar-refractivity contribution >= 4 is 22.1 Å². The van der Waals surface area contributed by atoms with Gasteiger partial charge in [-0.15, -0.1) is 0 Å². The van der Waals surface area contributed by atoms with Gasteiger partial charge < -0.3 is 10.2 Å². The zero-order valence-corrected chi connectivity index (χ0v) is 18.2. The SMILES string of the molecule is CCNC(=NCCCN(CC)S(C)(=O)=O)N1CCC(=Cc2ccccc2)CC1. The Labute approximate surface area is 170 Å². The van der Waals surface area contributed by atoms with Crippen LogP contribution >= 0.6 is 0 Å². The molecule has 6 nitrogen and oxygen atoms in total. The summed E-state index contributed by atoms with van der Waals surface area (Å²) in [6.07, 6.45) is 6.36. The van der Waals surface area contributed by atoms with Crippen LogP contribution in [-0.4, -0.2) is 69.1 Å². The van der Waals surface area contributed by atoms with Crippen LogP contribution in [0, 0.1) is 0 Å². The number of nitrogens with zero attached hydrogens (tertiary/aromatic N) is 3. The van der Waals surface area contributed by atoms with Crippen LogP contribution in [0.1, 0.15) is 38.7 Å². The molecule has 0 spiro atoms.